The second-order valence-electron chi connectivity index (χ2n) is 5.02. The Bertz CT molecular complexity index is 421. The van der Waals surface area contributed by atoms with E-state index in [4.69, 9.17) is 10.2 Å². The number of likely N-dealkylation sites (tertiary alicyclic amines) is 1. The van der Waals surface area contributed by atoms with Crippen LogP contribution < -0.4 is 11.1 Å². The van der Waals surface area contributed by atoms with E-state index in [9.17, 15) is 0 Å². The average Bonchev–Trinajstić information content (AvgIpc) is 3.00. The second kappa shape index (κ2) is 7.75. The molecule has 1 aliphatic rings. The van der Waals surface area contributed by atoms with Crippen LogP contribution in [0.1, 0.15) is 31.1 Å². The lowest BCUT2D eigenvalue weighted by Gasteiger charge is -2.32. The fraction of sp³-hybridized carbons (Fsp3) is 0.533. The van der Waals surface area contributed by atoms with Crippen LogP contribution in [-0.2, 0) is 0 Å². The van der Waals surface area contributed by atoms with E-state index in [0.29, 0.717) is 19.0 Å². The molecule has 1 aromatic rings. The molecule has 0 radical (unpaired) electrons. The zero-order chi connectivity index (χ0) is 14.2. The standard InChI is InChI=1S/C15H24N4O/c1-2-8-17-15(16)18-12-13(14-7-6-11-20-14)19-9-4-3-5-10-19/h2,6-7,11,13H,1,3-5,8-10,12H2,(H3,16,17,18). The van der Waals surface area contributed by atoms with Crippen LogP contribution in [0.25, 0.3) is 0 Å². The number of hydrogen-bond acceptors (Lipinski definition) is 3. The van der Waals surface area contributed by atoms with Crippen LogP contribution in [0, 0.1) is 0 Å². The summed E-state index contributed by atoms with van der Waals surface area (Å²) in [6, 6.07) is 4.12. The van der Waals surface area contributed by atoms with Crippen molar-refractivity contribution in [1.29, 1.82) is 0 Å². The van der Waals surface area contributed by atoms with Gasteiger partial charge in [0.2, 0.25) is 0 Å². The molecule has 0 spiro atoms. The van der Waals surface area contributed by atoms with Crippen LogP contribution >= 0.6 is 0 Å². The molecule has 1 saturated heterocycles. The van der Waals surface area contributed by atoms with Gasteiger partial charge in [-0.3, -0.25) is 9.89 Å². The first-order valence-electron chi connectivity index (χ1n) is 7.23. The molecule has 1 aromatic heterocycles. The lowest BCUT2D eigenvalue weighted by atomic mass is 10.1. The smallest absolute Gasteiger partial charge is 0.188 e. The zero-order valence-electron chi connectivity index (χ0n) is 11.9. The van der Waals surface area contributed by atoms with Crippen molar-refractivity contribution in [2.45, 2.75) is 25.3 Å². The number of furan rings is 1. The summed E-state index contributed by atoms with van der Waals surface area (Å²) < 4.78 is 5.57. The van der Waals surface area contributed by atoms with Gasteiger partial charge in [-0.15, -0.1) is 6.58 Å². The van der Waals surface area contributed by atoms with E-state index in [1.54, 1.807) is 12.3 Å². The predicted octanol–water partition coefficient (Wildman–Crippen LogP) is 1.90. The van der Waals surface area contributed by atoms with Gasteiger partial charge in [-0.05, 0) is 38.1 Å². The molecule has 3 N–H and O–H groups in total. The summed E-state index contributed by atoms with van der Waals surface area (Å²) in [6.45, 7) is 7.09. The minimum absolute atomic E-state index is 0.175. The van der Waals surface area contributed by atoms with Gasteiger partial charge < -0.3 is 15.5 Å². The van der Waals surface area contributed by atoms with Crippen molar-refractivity contribution < 1.29 is 4.42 Å². The molecule has 20 heavy (non-hydrogen) atoms. The molecule has 0 bridgehead atoms. The molecule has 0 saturated carbocycles. The average molecular weight is 276 g/mol. The summed E-state index contributed by atoms with van der Waals surface area (Å²) in [5.41, 5.74) is 5.83. The Morgan fingerprint density at radius 1 is 1.50 bits per heavy atom. The normalized spacial score (nSPS) is 18.7. The summed E-state index contributed by atoms with van der Waals surface area (Å²) in [6.07, 6.45) is 7.27. The Morgan fingerprint density at radius 2 is 2.30 bits per heavy atom. The first-order valence-corrected chi connectivity index (χ1v) is 7.23. The largest absolute Gasteiger partial charge is 0.468 e. The van der Waals surface area contributed by atoms with Gasteiger partial charge in [-0.2, -0.15) is 0 Å². The van der Waals surface area contributed by atoms with Crippen molar-refractivity contribution in [2.24, 2.45) is 10.7 Å². The number of aliphatic imine (C=N–C) groups is 1. The SMILES string of the molecule is C=CCNC(N)=NCC(c1ccco1)N1CCCCC1. The van der Waals surface area contributed by atoms with Crippen LogP contribution in [0.5, 0.6) is 0 Å². The van der Waals surface area contributed by atoms with Gasteiger partial charge in [0.25, 0.3) is 0 Å². The summed E-state index contributed by atoms with van der Waals surface area (Å²) >= 11 is 0. The van der Waals surface area contributed by atoms with Gasteiger partial charge in [-0.1, -0.05) is 12.5 Å². The molecule has 0 aromatic carbocycles. The van der Waals surface area contributed by atoms with Crippen molar-refractivity contribution in [3.05, 3.63) is 36.8 Å². The Balaban J connectivity index is 2.01. The maximum Gasteiger partial charge on any atom is 0.188 e. The Hall–Kier alpha value is -1.75. The zero-order valence-corrected chi connectivity index (χ0v) is 11.9. The van der Waals surface area contributed by atoms with E-state index in [1.807, 2.05) is 12.1 Å². The van der Waals surface area contributed by atoms with Crippen LogP contribution in [0.2, 0.25) is 0 Å². The van der Waals surface area contributed by atoms with Crippen LogP contribution in [-0.4, -0.2) is 37.0 Å². The Labute approximate surface area is 120 Å². The van der Waals surface area contributed by atoms with Crippen LogP contribution in [0.3, 0.4) is 0 Å². The number of nitrogens with two attached hydrogens (primary N) is 1. The van der Waals surface area contributed by atoms with E-state index in [0.717, 1.165) is 18.8 Å². The summed E-state index contributed by atoms with van der Waals surface area (Å²) in [4.78, 5) is 6.86. The van der Waals surface area contributed by atoms with E-state index in [1.165, 1.54) is 19.3 Å². The molecule has 1 fully saturated rings. The van der Waals surface area contributed by atoms with Gasteiger partial charge in [0.1, 0.15) is 5.76 Å². The fourth-order valence-corrected chi connectivity index (χ4v) is 2.51. The highest BCUT2D eigenvalue weighted by molar-refractivity contribution is 5.77. The molecule has 0 amide bonds. The van der Waals surface area contributed by atoms with Crippen molar-refractivity contribution in [2.75, 3.05) is 26.2 Å². The van der Waals surface area contributed by atoms with Crippen molar-refractivity contribution in [3.8, 4) is 0 Å². The van der Waals surface area contributed by atoms with E-state index < -0.39 is 0 Å². The van der Waals surface area contributed by atoms with E-state index in [-0.39, 0.29) is 6.04 Å². The molecule has 2 heterocycles. The first kappa shape index (κ1) is 14.7. The van der Waals surface area contributed by atoms with Gasteiger partial charge in [0.15, 0.2) is 5.96 Å². The summed E-state index contributed by atoms with van der Waals surface area (Å²) in [5.74, 6) is 1.42. The summed E-state index contributed by atoms with van der Waals surface area (Å²) in [5, 5.41) is 3.00. The minimum Gasteiger partial charge on any atom is -0.468 e. The molecule has 5 nitrogen and oxygen atoms in total. The fourth-order valence-electron chi connectivity index (χ4n) is 2.51. The first-order chi connectivity index (χ1) is 9.81. The Kier molecular flexibility index (Phi) is 5.68. The number of nitrogens with zero attached hydrogens (tertiary/aromatic N) is 2. The highest BCUT2D eigenvalue weighted by Gasteiger charge is 2.24. The number of nitrogens with one attached hydrogen (secondary N) is 1. The van der Waals surface area contributed by atoms with Gasteiger partial charge in [0, 0.05) is 6.54 Å². The molecule has 1 atom stereocenters. The molecule has 1 unspecified atom stereocenters. The summed E-state index contributed by atoms with van der Waals surface area (Å²) in [7, 11) is 0. The van der Waals surface area contributed by atoms with Gasteiger partial charge in [-0.25, -0.2) is 0 Å². The molecule has 0 aliphatic carbocycles. The number of hydrogen-bond donors (Lipinski definition) is 2. The number of piperidine rings is 1. The molecule has 110 valence electrons. The molecule has 5 heteroatoms. The van der Waals surface area contributed by atoms with E-state index >= 15 is 0 Å². The van der Waals surface area contributed by atoms with Crippen molar-refractivity contribution in [1.82, 2.24) is 10.2 Å². The minimum atomic E-state index is 0.175. The molecule has 2 rings (SSSR count). The number of guanidine groups is 1. The topological polar surface area (TPSA) is 66.8 Å². The number of rotatable bonds is 6. The van der Waals surface area contributed by atoms with Crippen molar-refractivity contribution >= 4 is 5.96 Å². The predicted molar refractivity (Wildman–Crippen MR) is 81.6 cm³/mol. The van der Waals surface area contributed by atoms with Gasteiger partial charge in [0.05, 0.1) is 18.8 Å². The Morgan fingerprint density at radius 3 is 2.95 bits per heavy atom. The second-order valence-corrected chi connectivity index (χ2v) is 5.02. The van der Waals surface area contributed by atoms with Crippen molar-refractivity contribution in [3.63, 3.8) is 0 Å². The van der Waals surface area contributed by atoms with Gasteiger partial charge >= 0.3 is 0 Å². The van der Waals surface area contributed by atoms with E-state index in [2.05, 4.69) is 21.8 Å². The maximum absolute atomic E-state index is 5.83. The highest BCUT2D eigenvalue weighted by Crippen LogP contribution is 2.25. The highest BCUT2D eigenvalue weighted by atomic mass is 16.3. The lowest BCUT2D eigenvalue weighted by molar-refractivity contribution is 0.150. The molecular weight excluding hydrogens is 252 g/mol. The third kappa shape index (κ3) is 4.13. The monoisotopic (exact) mass is 276 g/mol. The van der Waals surface area contributed by atoms with Crippen LogP contribution in [0.15, 0.2) is 40.5 Å². The lowest BCUT2D eigenvalue weighted by Crippen LogP contribution is -2.37. The quantitative estimate of drug-likeness (QED) is 0.473. The molecular formula is C15H24N4O. The molecule has 1 aliphatic heterocycles. The third-order valence-corrected chi connectivity index (χ3v) is 3.57. The van der Waals surface area contributed by atoms with Crippen LogP contribution in [0.4, 0.5) is 0 Å². The third-order valence-electron chi connectivity index (χ3n) is 3.57. The maximum atomic E-state index is 5.83.